The highest BCUT2D eigenvalue weighted by molar-refractivity contribution is 6.52. The molecule has 2 heteroatoms. The van der Waals surface area contributed by atoms with Crippen LogP contribution >= 0.6 is 0 Å². The van der Waals surface area contributed by atoms with E-state index in [0.29, 0.717) is 0 Å². The van der Waals surface area contributed by atoms with E-state index in [-0.39, 0.29) is 0 Å². The summed E-state index contributed by atoms with van der Waals surface area (Å²) in [6.07, 6.45) is 5.00. The number of anilines is 1. The van der Waals surface area contributed by atoms with Crippen LogP contribution in [-0.4, -0.2) is 7.28 Å². The molecule has 0 saturated heterocycles. The number of nitrogens with two attached hydrogens (primary N) is 1. The molecule has 0 heterocycles. The van der Waals surface area contributed by atoms with E-state index in [4.69, 9.17) is 5.73 Å². The van der Waals surface area contributed by atoms with Crippen molar-refractivity contribution in [1.82, 2.24) is 0 Å². The van der Waals surface area contributed by atoms with Crippen molar-refractivity contribution in [2.45, 2.75) is 39.4 Å². The van der Waals surface area contributed by atoms with E-state index in [0.717, 1.165) is 12.1 Å². The number of aryl methyl sites for hydroxylation is 1. The van der Waals surface area contributed by atoms with E-state index in [1.54, 1.807) is 0 Å². The molecule has 14 heavy (non-hydrogen) atoms. The summed E-state index contributed by atoms with van der Waals surface area (Å²) in [6, 6.07) is 6.33. The van der Waals surface area contributed by atoms with Gasteiger partial charge >= 0.3 is 0 Å². The van der Waals surface area contributed by atoms with Crippen LogP contribution in [0.15, 0.2) is 18.2 Å². The van der Waals surface area contributed by atoms with Crippen LogP contribution in [0.2, 0.25) is 6.82 Å². The van der Waals surface area contributed by atoms with Gasteiger partial charge in [-0.25, -0.2) is 0 Å². The number of rotatable bonds is 5. The zero-order valence-corrected chi connectivity index (χ0v) is 9.22. The first-order chi connectivity index (χ1) is 6.76. The summed E-state index contributed by atoms with van der Waals surface area (Å²) in [7, 11) is 2.10. The van der Waals surface area contributed by atoms with Crippen LogP contribution in [0.4, 0.5) is 5.69 Å². The molecule has 0 aliphatic carbocycles. The Morgan fingerprint density at radius 1 is 1.21 bits per heavy atom. The molecule has 0 amide bonds. The standard InChI is InChI=1S/C12H19BN/c1-3-4-5-6-10-7-11(13-2)9-12(14)8-10/h7-9H,3-6,14H2,1-2H3. The molecule has 2 N–H and O–H groups in total. The minimum absolute atomic E-state index is 0.882. The Morgan fingerprint density at radius 3 is 2.64 bits per heavy atom. The third-order valence-electron chi connectivity index (χ3n) is 2.44. The molecule has 0 bridgehead atoms. The molecule has 0 saturated carbocycles. The number of benzene rings is 1. The van der Waals surface area contributed by atoms with Crippen LogP contribution in [0.3, 0.4) is 0 Å². The molecule has 1 nitrogen and oxygen atoms in total. The predicted octanol–water partition coefficient (Wildman–Crippen LogP) is 2.38. The first kappa shape index (κ1) is 11.2. The summed E-state index contributed by atoms with van der Waals surface area (Å²) in [5, 5.41) is 0. The van der Waals surface area contributed by atoms with Gasteiger partial charge < -0.3 is 5.73 Å². The highest BCUT2D eigenvalue weighted by Gasteiger charge is 1.98. The van der Waals surface area contributed by atoms with Crippen molar-refractivity contribution in [1.29, 1.82) is 0 Å². The van der Waals surface area contributed by atoms with E-state index in [1.165, 1.54) is 30.3 Å². The summed E-state index contributed by atoms with van der Waals surface area (Å²) < 4.78 is 0. The van der Waals surface area contributed by atoms with Gasteiger partial charge in [0.05, 0.1) is 0 Å². The molecule has 0 unspecified atom stereocenters. The summed E-state index contributed by atoms with van der Waals surface area (Å²) in [6.45, 7) is 4.27. The van der Waals surface area contributed by atoms with Crippen LogP contribution < -0.4 is 11.2 Å². The van der Waals surface area contributed by atoms with Crippen molar-refractivity contribution in [2.24, 2.45) is 0 Å². The van der Waals surface area contributed by atoms with E-state index in [2.05, 4.69) is 26.3 Å². The Kier molecular flexibility index (Phi) is 4.58. The molecule has 1 rings (SSSR count). The molecule has 1 aromatic rings. The molecular weight excluding hydrogens is 169 g/mol. The Labute approximate surface area is 87.9 Å². The normalized spacial score (nSPS) is 10.1. The highest BCUT2D eigenvalue weighted by atomic mass is 14.5. The second-order valence-corrected chi connectivity index (χ2v) is 3.75. The first-order valence-corrected chi connectivity index (χ1v) is 5.45. The van der Waals surface area contributed by atoms with Crippen molar-refractivity contribution < 1.29 is 0 Å². The Morgan fingerprint density at radius 2 is 2.00 bits per heavy atom. The van der Waals surface area contributed by atoms with Gasteiger partial charge in [0, 0.05) is 5.69 Å². The van der Waals surface area contributed by atoms with Gasteiger partial charge in [0.15, 0.2) is 0 Å². The van der Waals surface area contributed by atoms with Crippen LogP contribution in [0, 0.1) is 0 Å². The lowest BCUT2D eigenvalue weighted by molar-refractivity contribution is 0.718. The maximum atomic E-state index is 5.82. The predicted molar refractivity (Wildman–Crippen MR) is 65.3 cm³/mol. The third kappa shape index (κ3) is 3.45. The SMILES string of the molecule is C[B]c1cc(N)cc(CCCCC)c1. The number of hydrogen-bond donors (Lipinski definition) is 1. The molecule has 1 aromatic carbocycles. The lowest BCUT2D eigenvalue weighted by Crippen LogP contribution is -2.12. The monoisotopic (exact) mass is 188 g/mol. The molecule has 0 aliphatic heterocycles. The van der Waals surface area contributed by atoms with Crippen molar-refractivity contribution in [3.63, 3.8) is 0 Å². The number of nitrogen functional groups attached to an aromatic ring is 1. The molecule has 0 aromatic heterocycles. The minimum Gasteiger partial charge on any atom is -0.399 e. The maximum absolute atomic E-state index is 5.82. The molecule has 0 aliphatic rings. The molecular formula is C12H19BN. The third-order valence-corrected chi connectivity index (χ3v) is 2.44. The van der Waals surface area contributed by atoms with Gasteiger partial charge in [0.2, 0.25) is 0 Å². The summed E-state index contributed by atoms with van der Waals surface area (Å²) >= 11 is 0. The van der Waals surface area contributed by atoms with Gasteiger partial charge in [-0.15, -0.1) is 0 Å². The fraction of sp³-hybridized carbons (Fsp3) is 0.500. The fourth-order valence-corrected chi connectivity index (χ4v) is 1.64. The average molecular weight is 188 g/mol. The fourth-order valence-electron chi connectivity index (χ4n) is 1.64. The highest BCUT2D eigenvalue weighted by Crippen LogP contribution is 2.09. The second kappa shape index (κ2) is 5.74. The van der Waals surface area contributed by atoms with Gasteiger partial charge in [-0.05, 0) is 30.5 Å². The van der Waals surface area contributed by atoms with Crippen LogP contribution in [0.5, 0.6) is 0 Å². The van der Waals surface area contributed by atoms with E-state index in [1.807, 2.05) is 12.9 Å². The maximum Gasteiger partial charge on any atom is 0.148 e. The van der Waals surface area contributed by atoms with Crippen molar-refractivity contribution >= 4 is 18.4 Å². The average Bonchev–Trinajstić information content (AvgIpc) is 2.17. The van der Waals surface area contributed by atoms with Gasteiger partial charge in [-0.3, -0.25) is 0 Å². The van der Waals surface area contributed by atoms with Gasteiger partial charge in [0.1, 0.15) is 7.28 Å². The zero-order chi connectivity index (χ0) is 10.4. The molecule has 0 spiro atoms. The van der Waals surface area contributed by atoms with Crippen LogP contribution in [0.1, 0.15) is 31.7 Å². The van der Waals surface area contributed by atoms with Crippen molar-refractivity contribution in [3.05, 3.63) is 23.8 Å². The summed E-state index contributed by atoms with van der Waals surface area (Å²) in [4.78, 5) is 0. The summed E-state index contributed by atoms with van der Waals surface area (Å²) in [5.41, 5.74) is 9.30. The van der Waals surface area contributed by atoms with Crippen molar-refractivity contribution in [3.8, 4) is 0 Å². The smallest absolute Gasteiger partial charge is 0.148 e. The Hall–Kier alpha value is -0.915. The Bertz CT molecular complexity index is 284. The quantitative estimate of drug-likeness (QED) is 0.428. The number of unbranched alkanes of at least 4 members (excludes halogenated alkanes) is 2. The molecule has 1 radical (unpaired) electrons. The first-order valence-electron chi connectivity index (χ1n) is 5.45. The van der Waals surface area contributed by atoms with Crippen molar-refractivity contribution in [2.75, 3.05) is 5.73 Å². The topological polar surface area (TPSA) is 26.0 Å². The minimum atomic E-state index is 0.882. The van der Waals surface area contributed by atoms with Gasteiger partial charge in [-0.1, -0.05) is 38.1 Å². The lowest BCUT2D eigenvalue weighted by Gasteiger charge is -2.05. The van der Waals surface area contributed by atoms with Gasteiger partial charge in [0.25, 0.3) is 0 Å². The lowest BCUT2D eigenvalue weighted by atomic mass is 9.72. The molecule has 0 atom stereocenters. The van der Waals surface area contributed by atoms with Gasteiger partial charge in [-0.2, -0.15) is 0 Å². The number of hydrogen-bond acceptors (Lipinski definition) is 1. The van der Waals surface area contributed by atoms with Crippen LogP contribution in [0.25, 0.3) is 0 Å². The Balaban J connectivity index is 2.62. The molecule has 75 valence electrons. The van der Waals surface area contributed by atoms with E-state index < -0.39 is 0 Å². The van der Waals surface area contributed by atoms with E-state index >= 15 is 0 Å². The molecule has 0 fully saturated rings. The largest absolute Gasteiger partial charge is 0.399 e. The second-order valence-electron chi connectivity index (χ2n) is 3.75. The van der Waals surface area contributed by atoms with Crippen LogP contribution in [-0.2, 0) is 6.42 Å². The zero-order valence-electron chi connectivity index (χ0n) is 9.22. The summed E-state index contributed by atoms with van der Waals surface area (Å²) in [5.74, 6) is 0. The van der Waals surface area contributed by atoms with E-state index in [9.17, 15) is 0 Å².